The van der Waals surface area contributed by atoms with Gasteiger partial charge in [-0.25, -0.2) is 0 Å². The van der Waals surface area contributed by atoms with Crippen molar-refractivity contribution in [1.82, 2.24) is 4.90 Å². The van der Waals surface area contributed by atoms with Crippen molar-refractivity contribution in [3.05, 3.63) is 0 Å². The second-order valence-electron chi connectivity index (χ2n) is 3.64. The van der Waals surface area contributed by atoms with E-state index in [1.54, 1.807) is 0 Å². The van der Waals surface area contributed by atoms with E-state index in [1.165, 1.54) is 0 Å². The largest absolute Gasteiger partial charge is 0.481 e. The van der Waals surface area contributed by atoms with Crippen LogP contribution in [0.4, 0.5) is 0 Å². The van der Waals surface area contributed by atoms with Crippen molar-refractivity contribution in [3.63, 3.8) is 0 Å². The summed E-state index contributed by atoms with van der Waals surface area (Å²) in [5, 5.41) is 8.99. The maximum Gasteiger partial charge on any atom is 0.303 e. The Labute approximate surface area is 97.2 Å². The van der Waals surface area contributed by atoms with Gasteiger partial charge in [0.2, 0.25) is 0 Å². The van der Waals surface area contributed by atoms with E-state index in [0.717, 1.165) is 31.8 Å². The van der Waals surface area contributed by atoms with Crippen molar-refractivity contribution in [3.8, 4) is 0 Å². The number of carboxylic acids is 1. The van der Waals surface area contributed by atoms with Crippen LogP contribution in [-0.4, -0.2) is 46.6 Å². The summed E-state index contributed by atoms with van der Waals surface area (Å²) in [7, 11) is 0. The summed E-state index contributed by atoms with van der Waals surface area (Å²) in [6.45, 7) is 9.75. The number of carboxylic acid groups (broad SMARTS) is 1. The molecule has 0 aromatic rings. The topological polar surface area (TPSA) is 40.5 Å². The molecule has 90 valence electrons. The summed E-state index contributed by atoms with van der Waals surface area (Å²) in [5.74, 6) is 0.411. The van der Waals surface area contributed by atoms with Crippen LogP contribution in [-0.2, 0) is 4.79 Å². The molecule has 1 atom stereocenters. The first-order valence-corrected chi connectivity index (χ1v) is 6.70. The van der Waals surface area contributed by atoms with Crippen LogP contribution in [0.3, 0.4) is 0 Å². The van der Waals surface area contributed by atoms with E-state index in [-0.39, 0.29) is 0 Å². The molecule has 0 rings (SSSR count). The molecule has 0 saturated heterocycles. The Morgan fingerprint density at radius 2 is 2.00 bits per heavy atom. The van der Waals surface area contributed by atoms with Gasteiger partial charge in [0.05, 0.1) is 0 Å². The minimum atomic E-state index is -0.689. The maximum absolute atomic E-state index is 10.4. The van der Waals surface area contributed by atoms with Crippen molar-refractivity contribution in [2.75, 3.05) is 25.4 Å². The van der Waals surface area contributed by atoms with Crippen molar-refractivity contribution in [2.45, 2.75) is 38.9 Å². The zero-order chi connectivity index (χ0) is 11.7. The Balaban J connectivity index is 3.45. The van der Waals surface area contributed by atoms with Crippen molar-refractivity contribution >= 4 is 17.7 Å². The summed E-state index contributed by atoms with van der Waals surface area (Å²) < 4.78 is 0. The molecule has 0 radical (unpaired) electrons. The molecule has 0 amide bonds. The average molecular weight is 233 g/mol. The molecule has 4 heteroatoms. The molecular formula is C11H23NO2S. The Kier molecular flexibility index (Phi) is 8.91. The van der Waals surface area contributed by atoms with Gasteiger partial charge in [0.25, 0.3) is 0 Å². The van der Waals surface area contributed by atoms with Gasteiger partial charge in [0.1, 0.15) is 0 Å². The molecule has 0 spiro atoms. The molecular weight excluding hydrogens is 210 g/mol. The first kappa shape index (κ1) is 14.8. The first-order chi connectivity index (χ1) is 7.10. The molecule has 0 heterocycles. The third-order valence-corrected chi connectivity index (χ3v) is 3.69. The predicted molar refractivity (Wildman–Crippen MR) is 66.6 cm³/mol. The summed E-state index contributed by atoms with van der Waals surface area (Å²) in [5.41, 5.74) is 0. The summed E-state index contributed by atoms with van der Waals surface area (Å²) in [6.07, 6.45) is 1.07. The number of carbonyl (C=O) groups is 1. The van der Waals surface area contributed by atoms with Crippen LogP contribution in [0.25, 0.3) is 0 Å². The zero-order valence-electron chi connectivity index (χ0n) is 10.0. The van der Waals surface area contributed by atoms with Crippen molar-refractivity contribution < 1.29 is 9.90 Å². The van der Waals surface area contributed by atoms with E-state index < -0.39 is 5.97 Å². The quantitative estimate of drug-likeness (QED) is 0.663. The molecule has 0 aliphatic carbocycles. The fourth-order valence-electron chi connectivity index (χ4n) is 1.33. The lowest BCUT2D eigenvalue weighted by molar-refractivity contribution is -0.137. The number of nitrogens with zero attached hydrogens (tertiary/aromatic N) is 1. The van der Waals surface area contributed by atoms with E-state index in [2.05, 4.69) is 25.7 Å². The van der Waals surface area contributed by atoms with Crippen LogP contribution >= 0.6 is 11.8 Å². The molecule has 3 nitrogen and oxygen atoms in total. The van der Waals surface area contributed by atoms with Gasteiger partial charge in [0, 0.05) is 24.0 Å². The molecule has 0 fully saturated rings. The second kappa shape index (κ2) is 9.04. The molecule has 0 saturated carbocycles. The fourth-order valence-corrected chi connectivity index (χ4v) is 2.38. The zero-order valence-corrected chi connectivity index (χ0v) is 10.8. The van der Waals surface area contributed by atoms with Gasteiger partial charge in [-0.3, -0.25) is 4.79 Å². The lowest BCUT2D eigenvalue weighted by Crippen LogP contribution is -2.25. The van der Waals surface area contributed by atoms with Gasteiger partial charge in [-0.05, 0) is 19.5 Å². The molecule has 0 bridgehead atoms. The van der Waals surface area contributed by atoms with Gasteiger partial charge in [-0.15, -0.1) is 0 Å². The Morgan fingerprint density at radius 3 is 2.47 bits per heavy atom. The van der Waals surface area contributed by atoms with Crippen LogP contribution in [0.1, 0.15) is 33.6 Å². The van der Waals surface area contributed by atoms with E-state index in [1.807, 2.05) is 11.8 Å². The second-order valence-corrected chi connectivity index (χ2v) is 5.19. The monoisotopic (exact) mass is 233 g/mol. The number of hydrogen-bond acceptors (Lipinski definition) is 3. The standard InChI is InChI=1S/C11H23NO2S/c1-4-12(5-2)8-9-15-10(3)6-7-11(13)14/h10H,4-9H2,1-3H3,(H,13,14). The van der Waals surface area contributed by atoms with Crippen LogP contribution in [0.2, 0.25) is 0 Å². The maximum atomic E-state index is 10.4. The number of hydrogen-bond donors (Lipinski definition) is 1. The van der Waals surface area contributed by atoms with Gasteiger partial charge < -0.3 is 10.0 Å². The SMILES string of the molecule is CCN(CC)CCSC(C)CCC(=O)O. The molecule has 0 aromatic heterocycles. The number of rotatable bonds is 9. The van der Waals surface area contributed by atoms with Gasteiger partial charge >= 0.3 is 5.97 Å². The minimum Gasteiger partial charge on any atom is -0.481 e. The highest BCUT2D eigenvalue weighted by molar-refractivity contribution is 7.99. The molecule has 1 unspecified atom stereocenters. The van der Waals surface area contributed by atoms with Crippen LogP contribution < -0.4 is 0 Å². The highest BCUT2D eigenvalue weighted by Gasteiger charge is 2.06. The number of thioether (sulfide) groups is 1. The average Bonchev–Trinajstić information content (AvgIpc) is 2.21. The number of aliphatic carboxylic acids is 1. The smallest absolute Gasteiger partial charge is 0.303 e. The van der Waals surface area contributed by atoms with E-state index in [9.17, 15) is 4.79 Å². The van der Waals surface area contributed by atoms with E-state index >= 15 is 0 Å². The highest BCUT2D eigenvalue weighted by atomic mass is 32.2. The molecule has 0 aliphatic rings. The van der Waals surface area contributed by atoms with Crippen molar-refractivity contribution in [1.29, 1.82) is 0 Å². The molecule has 15 heavy (non-hydrogen) atoms. The van der Waals surface area contributed by atoms with Crippen LogP contribution in [0.5, 0.6) is 0 Å². The van der Waals surface area contributed by atoms with Gasteiger partial charge in [-0.1, -0.05) is 20.8 Å². The summed E-state index contributed by atoms with van der Waals surface area (Å²) in [4.78, 5) is 12.7. The Hall–Kier alpha value is -0.220. The van der Waals surface area contributed by atoms with Crippen LogP contribution in [0.15, 0.2) is 0 Å². The highest BCUT2D eigenvalue weighted by Crippen LogP contribution is 2.15. The van der Waals surface area contributed by atoms with E-state index in [4.69, 9.17) is 5.11 Å². The predicted octanol–water partition coefficient (Wildman–Crippen LogP) is 2.31. The normalized spacial score (nSPS) is 13.1. The van der Waals surface area contributed by atoms with Gasteiger partial charge in [-0.2, -0.15) is 11.8 Å². The van der Waals surface area contributed by atoms with Gasteiger partial charge in [0.15, 0.2) is 0 Å². The minimum absolute atomic E-state index is 0.291. The first-order valence-electron chi connectivity index (χ1n) is 5.65. The van der Waals surface area contributed by atoms with Crippen LogP contribution in [0, 0.1) is 0 Å². The summed E-state index contributed by atoms with van der Waals surface area (Å²) >= 11 is 1.87. The molecule has 0 aliphatic heterocycles. The lowest BCUT2D eigenvalue weighted by atomic mass is 10.2. The van der Waals surface area contributed by atoms with E-state index in [0.29, 0.717) is 11.7 Å². The fraction of sp³-hybridized carbons (Fsp3) is 0.909. The third kappa shape index (κ3) is 8.75. The Bertz CT molecular complexity index is 172. The summed E-state index contributed by atoms with van der Waals surface area (Å²) in [6, 6.07) is 0. The van der Waals surface area contributed by atoms with Crippen molar-refractivity contribution in [2.24, 2.45) is 0 Å². The molecule has 0 aromatic carbocycles. The lowest BCUT2D eigenvalue weighted by Gasteiger charge is -2.18. The Morgan fingerprint density at radius 1 is 1.40 bits per heavy atom. The molecule has 1 N–H and O–H groups in total. The third-order valence-electron chi connectivity index (χ3n) is 2.47.